The van der Waals surface area contributed by atoms with E-state index in [-0.39, 0.29) is 6.03 Å². The summed E-state index contributed by atoms with van der Waals surface area (Å²) in [7, 11) is 2.16. The molecule has 16 heavy (non-hydrogen) atoms. The van der Waals surface area contributed by atoms with Crippen molar-refractivity contribution < 1.29 is 4.79 Å². The van der Waals surface area contributed by atoms with Gasteiger partial charge in [-0.1, -0.05) is 0 Å². The lowest BCUT2D eigenvalue weighted by Crippen LogP contribution is -2.45. The average Bonchev–Trinajstić information content (AvgIpc) is 2.27. The topological polar surface area (TPSA) is 47.6 Å². The number of carbonyl (C=O) groups is 1. The number of carbonyl (C=O) groups excluding carboxylic acids is 1. The van der Waals surface area contributed by atoms with Crippen LogP contribution in [-0.4, -0.2) is 68.7 Å². The zero-order valence-corrected chi connectivity index (χ0v) is 10.5. The van der Waals surface area contributed by atoms with Crippen molar-refractivity contribution in [3.8, 4) is 0 Å². The number of urea groups is 1. The molecule has 0 spiro atoms. The fourth-order valence-corrected chi connectivity index (χ4v) is 1.80. The molecule has 0 unspecified atom stereocenters. The maximum atomic E-state index is 11.1. The molecule has 2 amide bonds. The first-order valence-corrected chi connectivity index (χ1v) is 6.15. The molecule has 0 aromatic heterocycles. The third-order valence-corrected chi connectivity index (χ3v) is 2.87. The Labute approximate surface area is 98.2 Å². The molecule has 5 heteroatoms. The summed E-state index contributed by atoms with van der Waals surface area (Å²) in [5, 5.41) is 5.56. The van der Waals surface area contributed by atoms with E-state index in [2.05, 4.69) is 27.5 Å². The number of piperazine rings is 1. The molecule has 0 aliphatic carbocycles. The van der Waals surface area contributed by atoms with Gasteiger partial charge in [0, 0.05) is 39.3 Å². The molecular formula is C11H24N4O. The van der Waals surface area contributed by atoms with E-state index in [9.17, 15) is 4.79 Å². The molecule has 1 rings (SSSR count). The van der Waals surface area contributed by atoms with Gasteiger partial charge in [-0.25, -0.2) is 4.79 Å². The van der Waals surface area contributed by atoms with Crippen molar-refractivity contribution >= 4 is 6.03 Å². The van der Waals surface area contributed by atoms with Gasteiger partial charge in [0.15, 0.2) is 0 Å². The average molecular weight is 228 g/mol. The van der Waals surface area contributed by atoms with Crippen LogP contribution in [0.15, 0.2) is 0 Å². The monoisotopic (exact) mass is 228 g/mol. The molecule has 0 aromatic rings. The van der Waals surface area contributed by atoms with Gasteiger partial charge in [0.2, 0.25) is 0 Å². The molecule has 0 saturated carbocycles. The predicted octanol–water partition coefficient (Wildman–Crippen LogP) is -0.0570. The van der Waals surface area contributed by atoms with Crippen molar-refractivity contribution in [1.29, 1.82) is 0 Å². The smallest absolute Gasteiger partial charge is 0.314 e. The second kappa shape index (κ2) is 7.46. The highest BCUT2D eigenvalue weighted by Crippen LogP contribution is 1.99. The van der Waals surface area contributed by atoms with Crippen LogP contribution in [0.5, 0.6) is 0 Å². The maximum Gasteiger partial charge on any atom is 0.314 e. The molecule has 1 heterocycles. The Balaban J connectivity index is 1.97. The first kappa shape index (κ1) is 13.3. The Morgan fingerprint density at radius 1 is 1.19 bits per heavy atom. The lowest BCUT2D eigenvalue weighted by molar-refractivity contribution is 0.153. The molecule has 0 aromatic carbocycles. The van der Waals surface area contributed by atoms with E-state index >= 15 is 0 Å². The highest BCUT2D eigenvalue weighted by Gasteiger charge is 2.12. The van der Waals surface area contributed by atoms with Crippen LogP contribution in [0.1, 0.15) is 13.3 Å². The number of hydrogen-bond donors (Lipinski definition) is 2. The van der Waals surface area contributed by atoms with Gasteiger partial charge in [0.1, 0.15) is 0 Å². The fourth-order valence-electron chi connectivity index (χ4n) is 1.80. The van der Waals surface area contributed by atoms with E-state index in [0.717, 1.165) is 45.7 Å². The summed E-state index contributed by atoms with van der Waals surface area (Å²) >= 11 is 0. The number of rotatable bonds is 5. The minimum Gasteiger partial charge on any atom is -0.338 e. The lowest BCUT2D eigenvalue weighted by Gasteiger charge is -2.32. The molecule has 1 fully saturated rings. The highest BCUT2D eigenvalue weighted by molar-refractivity contribution is 5.73. The summed E-state index contributed by atoms with van der Waals surface area (Å²) in [6.45, 7) is 9.06. The number of hydrogen-bond acceptors (Lipinski definition) is 3. The zero-order valence-electron chi connectivity index (χ0n) is 10.5. The molecule has 1 aliphatic heterocycles. The van der Waals surface area contributed by atoms with Crippen LogP contribution in [-0.2, 0) is 0 Å². The normalized spacial score (nSPS) is 18.4. The van der Waals surface area contributed by atoms with Gasteiger partial charge in [-0.15, -0.1) is 0 Å². The van der Waals surface area contributed by atoms with Crippen LogP contribution < -0.4 is 10.6 Å². The molecular weight excluding hydrogens is 204 g/mol. The lowest BCUT2D eigenvalue weighted by atomic mass is 10.3. The molecule has 5 nitrogen and oxygen atoms in total. The number of amides is 2. The molecule has 2 N–H and O–H groups in total. The molecule has 1 aliphatic rings. The van der Waals surface area contributed by atoms with E-state index in [1.807, 2.05) is 6.92 Å². The van der Waals surface area contributed by atoms with Crippen molar-refractivity contribution in [2.75, 3.05) is 52.9 Å². The van der Waals surface area contributed by atoms with Crippen molar-refractivity contribution in [3.63, 3.8) is 0 Å². The minimum atomic E-state index is -0.0547. The summed E-state index contributed by atoms with van der Waals surface area (Å²) in [6, 6.07) is -0.0547. The van der Waals surface area contributed by atoms with Gasteiger partial charge in [0.05, 0.1) is 0 Å². The van der Waals surface area contributed by atoms with Crippen LogP contribution in [0.3, 0.4) is 0 Å². The van der Waals surface area contributed by atoms with Crippen molar-refractivity contribution in [3.05, 3.63) is 0 Å². The number of likely N-dealkylation sites (N-methyl/N-ethyl adjacent to an activating group) is 1. The van der Waals surface area contributed by atoms with Gasteiger partial charge in [-0.2, -0.15) is 0 Å². The molecule has 0 atom stereocenters. The number of nitrogens with one attached hydrogen (secondary N) is 2. The third kappa shape index (κ3) is 5.32. The van der Waals surface area contributed by atoms with Gasteiger partial charge >= 0.3 is 6.03 Å². The van der Waals surface area contributed by atoms with E-state index < -0.39 is 0 Å². The fraction of sp³-hybridized carbons (Fsp3) is 0.909. The Morgan fingerprint density at radius 2 is 1.88 bits per heavy atom. The van der Waals surface area contributed by atoms with Crippen LogP contribution in [0.25, 0.3) is 0 Å². The van der Waals surface area contributed by atoms with Crippen molar-refractivity contribution in [2.24, 2.45) is 0 Å². The summed E-state index contributed by atoms with van der Waals surface area (Å²) < 4.78 is 0. The quantitative estimate of drug-likeness (QED) is 0.648. The first-order chi connectivity index (χ1) is 7.72. The van der Waals surface area contributed by atoms with Gasteiger partial charge in [0.25, 0.3) is 0 Å². The molecule has 94 valence electrons. The Kier molecular flexibility index (Phi) is 6.18. The zero-order chi connectivity index (χ0) is 11.8. The van der Waals surface area contributed by atoms with Crippen LogP contribution in [0.2, 0.25) is 0 Å². The predicted molar refractivity (Wildman–Crippen MR) is 65.6 cm³/mol. The SMILES string of the molecule is CCNC(=O)NCCCN1CCN(C)CC1. The Hall–Kier alpha value is -0.810. The molecule has 1 saturated heterocycles. The van der Waals surface area contributed by atoms with Crippen molar-refractivity contribution in [2.45, 2.75) is 13.3 Å². The largest absolute Gasteiger partial charge is 0.338 e. The van der Waals surface area contributed by atoms with Gasteiger partial charge in [-0.3, -0.25) is 0 Å². The van der Waals surface area contributed by atoms with E-state index in [1.54, 1.807) is 0 Å². The first-order valence-electron chi connectivity index (χ1n) is 6.15. The summed E-state index contributed by atoms with van der Waals surface area (Å²) in [6.07, 6.45) is 1.03. The van der Waals surface area contributed by atoms with Crippen LogP contribution in [0, 0.1) is 0 Å². The third-order valence-electron chi connectivity index (χ3n) is 2.87. The van der Waals surface area contributed by atoms with Crippen molar-refractivity contribution in [1.82, 2.24) is 20.4 Å². The maximum absolute atomic E-state index is 11.1. The van der Waals surface area contributed by atoms with E-state index in [0.29, 0.717) is 6.54 Å². The Morgan fingerprint density at radius 3 is 2.50 bits per heavy atom. The van der Waals surface area contributed by atoms with Crippen LogP contribution >= 0.6 is 0 Å². The highest BCUT2D eigenvalue weighted by atomic mass is 16.2. The molecule has 0 bridgehead atoms. The van der Waals surface area contributed by atoms with Crippen LogP contribution in [0.4, 0.5) is 4.79 Å². The molecule has 0 radical (unpaired) electrons. The van der Waals surface area contributed by atoms with Gasteiger partial charge < -0.3 is 20.4 Å². The second-order valence-electron chi connectivity index (χ2n) is 4.28. The Bertz CT molecular complexity index is 202. The summed E-state index contributed by atoms with van der Waals surface area (Å²) in [4.78, 5) is 15.9. The van der Waals surface area contributed by atoms with Gasteiger partial charge in [-0.05, 0) is 26.9 Å². The summed E-state index contributed by atoms with van der Waals surface area (Å²) in [5.74, 6) is 0. The summed E-state index contributed by atoms with van der Waals surface area (Å²) in [5.41, 5.74) is 0. The standard InChI is InChI=1S/C11H24N4O/c1-3-12-11(16)13-5-4-6-15-9-7-14(2)8-10-15/h3-10H2,1-2H3,(H2,12,13,16). The van der Waals surface area contributed by atoms with E-state index in [4.69, 9.17) is 0 Å². The second-order valence-corrected chi connectivity index (χ2v) is 4.28. The minimum absolute atomic E-state index is 0.0547. The van der Waals surface area contributed by atoms with E-state index in [1.165, 1.54) is 0 Å². The number of nitrogens with zero attached hydrogens (tertiary/aromatic N) is 2.